The molecule has 1 saturated heterocycles. The van der Waals surface area contributed by atoms with Gasteiger partial charge in [0.1, 0.15) is 11.1 Å². The van der Waals surface area contributed by atoms with Gasteiger partial charge in [0.15, 0.2) is 0 Å². The number of amides is 1. The molecule has 16 heavy (non-hydrogen) atoms. The van der Waals surface area contributed by atoms with E-state index in [9.17, 15) is 10.1 Å². The minimum atomic E-state index is 0.177. The number of nitrogens with zero attached hydrogens (tertiary/aromatic N) is 2. The van der Waals surface area contributed by atoms with Crippen LogP contribution in [0.5, 0.6) is 0 Å². The van der Waals surface area contributed by atoms with E-state index in [4.69, 9.17) is 0 Å². The van der Waals surface area contributed by atoms with Crippen molar-refractivity contribution in [1.29, 1.82) is 5.26 Å². The predicted octanol–water partition coefficient (Wildman–Crippen LogP) is 2.24. The maximum Gasteiger partial charge on any atom is 0.227 e. The Bertz CT molecular complexity index is 498. The summed E-state index contributed by atoms with van der Waals surface area (Å²) in [5, 5.41) is 10.1. The van der Waals surface area contributed by atoms with Crippen LogP contribution in [0.2, 0.25) is 0 Å². The number of thiophene rings is 1. The summed E-state index contributed by atoms with van der Waals surface area (Å²) < 4.78 is 0. The topological polar surface area (TPSA) is 44.1 Å². The van der Waals surface area contributed by atoms with Crippen molar-refractivity contribution in [3.05, 3.63) is 16.0 Å². The normalized spacial score (nSPS) is 18.9. The second-order valence-electron chi connectivity index (χ2n) is 4.30. The molecular weight excluding hydrogens is 220 g/mol. The van der Waals surface area contributed by atoms with Crippen molar-refractivity contribution in [2.45, 2.75) is 32.1 Å². The SMILES string of the molecule is N#Cc1c(N2CCCC2=O)sc2c1CCC2. The van der Waals surface area contributed by atoms with Gasteiger partial charge in [0.05, 0.1) is 5.56 Å². The fraction of sp³-hybridized carbons (Fsp3) is 0.500. The first-order chi connectivity index (χ1) is 7.81. The molecule has 1 aliphatic heterocycles. The van der Waals surface area contributed by atoms with Crippen molar-refractivity contribution in [2.75, 3.05) is 11.4 Å². The molecule has 1 aromatic heterocycles. The molecule has 0 atom stereocenters. The quantitative estimate of drug-likeness (QED) is 0.745. The zero-order valence-corrected chi connectivity index (χ0v) is 9.77. The van der Waals surface area contributed by atoms with Crippen LogP contribution < -0.4 is 4.90 Å². The first-order valence-corrected chi connectivity index (χ1v) is 6.48. The maximum absolute atomic E-state index is 11.7. The molecule has 82 valence electrons. The van der Waals surface area contributed by atoms with E-state index in [0.717, 1.165) is 42.8 Å². The fourth-order valence-corrected chi connectivity index (χ4v) is 3.94. The summed E-state index contributed by atoms with van der Waals surface area (Å²) in [5.74, 6) is 0.177. The Labute approximate surface area is 98.3 Å². The number of hydrogen-bond donors (Lipinski definition) is 0. The molecule has 1 aliphatic carbocycles. The molecule has 0 aromatic carbocycles. The first-order valence-electron chi connectivity index (χ1n) is 5.66. The summed E-state index contributed by atoms with van der Waals surface area (Å²) in [7, 11) is 0. The van der Waals surface area contributed by atoms with Gasteiger partial charge in [-0.2, -0.15) is 5.26 Å². The molecule has 0 unspecified atom stereocenters. The third-order valence-electron chi connectivity index (χ3n) is 3.33. The predicted molar refractivity (Wildman–Crippen MR) is 62.6 cm³/mol. The highest BCUT2D eigenvalue weighted by Gasteiger charge is 2.30. The largest absolute Gasteiger partial charge is 0.303 e. The summed E-state index contributed by atoms with van der Waals surface area (Å²) in [6, 6.07) is 2.29. The lowest BCUT2D eigenvalue weighted by Gasteiger charge is -2.13. The highest BCUT2D eigenvalue weighted by Crippen LogP contribution is 2.41. The van der Waals surface area contributed by atoms with Crippen molar-refractivity contribution in [3.63, 3.8) is 0 Å². The van der Waals surface area contributed by atoms with Gasteiger partial charge in [0.2, 0.25) is 5.91 Å². The van der Waals surface area contributed by atoms with Crippen LogP contribution in [0.1, 0.15) is 35.3 Å². The Morgan fingerprint density at radius 1 is 1.25 bits per heavy atom. The molecule has 1 fully saturated rings. The van der Waals surface area contributed by atoms with E-state index in [0.29, 0.717) is 6.42 Å². The number of aryl methyl sites for hydroxylation is 1. The third-order valence-corrected chi connectivity index (χ3v) is 4.65. The average molecular weight is 232 g/mol. The summed E-state index contributed by atoms with van der Waals surface area (Å²) >= 11 is 1.66. The number of hydrogen-bond acceptors (Lipinski definition) is 3. The Morgan fingerprint density at radius 3 is 2.81 bits per heavy atom. The Balaban J connectivity index is 2.08. The van der Waals surface area contributed by atoms with E-state index in [-0.39, 0.29) is 5.91 Å². The molecule has 2 heterocycles. The van der Waals surface area contributed by atoms with Crippen molar-refractivity contribution >= 4 is 22.2 Å². The van der Waals surface area contributed by atoms with Gasteiger partial charge in [-0.3, -0.25) is 4.79 Å². The van der Waals surface area contributed by atoms with E-state index in [1.54, 1.807) is 11.3 Å². The molecule has 0 saturated carbocycles. The average Bonchev–Trinajstić information content (AvgIpc) is 2.90. The maximum atomic E-state index is 11.7. The van der Waals surface area contributed by atoms with Crippen LogP contribution in [0.4, 0.5) is 5.00 Å². The first kappa shape index (κ1) is 9.86. The standard InChI is InChI=1S/C12H12N2OS/c13-7-9-8-3-1-4-10(8)16-12(9)14-6-2-5-11(14)15/h1-6H2. The minimum Gasteiger partial charge on any atom is -0.303 e. The number of anilines is 1. The summed E-state index contributed by atoms with van der Waals surface area (Å²) in [4.78, 5) is 14.8. The van der Waals surface area contributed by atoms with E-state index in [2.05, 4.69) is 6.07 Å². The number of rotatable bonds is 1. The van der Waals surface area contributed by atoms with E-state index < -0.39 is 0 Å². The lowest BCUT2D eigenvalue weighted by atomic mass is 10.1. The molecule has 2 aliphatic rings. The number of nitriles is 1. The van der Waals surface area contributed by atoms with Gasteiger partial charge in [-0.1, -0.05) is 0 Å². The van der Waals surface area contributed by atoms with Gasteiger partial charge in [-0.05, 0) is 31.2 Å². The zero-order valence-electron chi connectivity index (χ0n) is 8.95. The van der Waals surface area contributed by atoms with Crippen molar-refractivity contribution in [3.8, 4) is 6.07 Å². The van der Waals surface area contributed by atoms with Gasteiger partial charge in [0.25, 0.3) is 0 Å². The van der Waals surface area contributed by atoms with Crippen LogP contribution >= 0.6 is 11.3 Å². The number of carbonyl (C=O) groups excluding carboxylic acids is 1. The molecule has 0 radical (unpaired) electrons. The Hall–Kier alpha value is -1.34. The lowest BCUT2D eigenvalue weighted by Crippen LogP contribution is -2.23. The Kier molecular flexibility index (Phi) is 2.22. The molecule has 0 bridgehead atoms. The molecule has 3 rings (SSSR count). The van der Waals surface area contributed by atoms with Crippen LogP contribution in [0.15, 0.2) is 0 Å². The monoisotopic (exact) mass is 232 g/mol. The molecular formula is C12H12N2OS. The van der Waals surface area contributed by atoms with Gasteiger partial charge in [-0.15, -0.1) is 11.3 Å². The summed E-state index contributed by atoms with van der Waals surface area (Å²) in [6.07, 6.45) is 4.80. The molecule has 0 N–H and O–H groups in total. The van der Waals surface area contributed by atoms with Crippen molar-refractivity contribution < 1.29 is 4.79 Å². The number of fused-ring (bicyclic) bond motifs is 1. The second-order valence-corrected chi connectivity index (χ2v) is 5.38. The number of carbonyl (C=O) groups is 1. The fourth-order valence-electron chi connectivity index (χ4n) is 2.56. The van der Waals surface area contributed by atoms with Gasteiger partial charge in [0, 0.05) is 17.8 Å². The lowest BCUT2D eigenvalue weighted by molar-refractivity contribution is -0.117. The molecule has 0 spiro atoms. The molecule has 3 nitrogen and oxygen atoms in total. The summed E-state index contributed by atoms with van der Waals surface area (Å²) in [5.41, 5.74) is 1.98. The highest BCUT2D eigenvalue weighted by molar-refractivity contribution is 7.16. The van der Waals surface area contributed by atoms with Gasteiger partial charge in [-0.25, -0.2) is 0 Å². The van der Waals surface area contributed by atoms with Crippen molar-refractivity contribution in [2.24, 2.45) is 0 Å². The zero-order chi connectivity index (χ0) is 11.1. The third kappa shape index (κ3) is 1.28. The molecule has 4 heteroatoms. The van der Waals surface area contributed by atoms with Crippen LogP contribution in [0.3, 0.4) is 0 Å². The van der Waals surface area contributed by atoms with Gasteiger partial charge < -0.3 is 4.90 Å². The highest BCUT2D eigenvalue weighted by atomic mass is 32.1. The smallest absolute Gasteiger partial charge is 0.227 e. The van der Waals surface area contributed by atoms with E-state index in [1.165, 1.54) is 10.4 Å². The molecule has 1 aromatic rings. The molecule has 1 amide bonds. The van der Waals surface area contributed by atoms with E-state index >= 15 is 0 Å². The van der Waals surface area contributed by atoms with E-state index in [1.807, 2.05) is 4.90 Å². The van der Waals surface area contributed by atoms with Crippen LogP contribution in [0.25, 0.3) is 0 Å². The Morgan fingerprint density at radius 2 is 2.12 bits per heavy atom. The van der Waals surface area contributed by atoms with Crippen LogP contribution in [-0.2, 0) is 17.6 Å². The van der Waals surface area contributed by atoms with Gasteiger partial charge >= 0.3 is 0 Å². The van der Waals surface area contributed by atoms with Crippen LogP contribution in [0, 0.1) is 11.3 Å². The van der Waals surface area contributed by atoms with Crippen molar-refractivity contribution in [1.82, 2.24) is 0 Å². The summed E-state index contributed by atoms with van der Waals surface area (Å²) in [6.45, 7) is 0.785. The van der Waals surface area contributed by atoms with Crippen LogP contribution in [-0.4, -0.2) is 12.5 Å². The second kappa shape index (κ2) is 3.60. The minimum absolute atomic E-state index is 0.177.